The van der Waals surface area contributed by atoms with E-state index in [1.807, 2.05) is 24.3 Å². The van der Waals surface area contributed by atoms with Gasteiger partial charge in [-0.3, -0.25) is 4.57 Å². The van der Waals surface area contributed by atoms with Crippen molar-refractivity contribution in [2.24, 2.45) is 0 Å². The second-order valence-corrected chi connectivity index (χ2v) is 8.66. The summed E-state index contributed by atoms with van der Waals surface area (Å²) in [4.78, 5) is 2.39. The highest BCUT2D eigenvalue weighted by atomic mass is 32.2. The number of thioether (sulfide) groups is 1. The molecule has 1 aliphatic carbocycles. The zero-order valence-corrected chi connectivity index (χ0v) is 17.1. The molecule has 5 rings (SSSR count). The molecule has 1 saturated heterocycles. The minimum atomic E-state index is 0.577. The lowest BCUT2D eigenvalue weighted by atomic mass is 10.00. The zero-order chi connectivity index (χ0) is 19.6. The van der Waals surface area contributed by atoms with Crippen molar-refractivity contribution < 1.29 is 0 Å². The van der Waals surface area contributed by atoms with Gasteiger partial charge in [0.25, 0.3) is 0 Å². The smallest absolute Gasteiger partial charge is 0.228 e. The van der Waals surface area contributed by atoms with Crippen LogP contribution in [0.1, 0.15) is 42.9 Å². The maximum absolute atomic E-state index is 9.33. The summed E-state index contributed by atoms with van der Waals surface area (Å²) < 4.78 is 2.37. The van der Waals surface area contributed by atoms with E-state index in [4.69, 9.17) is 0 Å². The highest BCUT2D eigenvalue weighted by molar-refractivity contribution is 7.98. The first-order chi connectivity index (χ1) is 14.3. The molecule has 1 saturated carbocycles. The first-order valence-corrected chi connectivity index (χ1v) is 11.2. The standard InChI is InChI=1S/C23H23N5S/c24-15-19-5-1-2-6-21(19)18-9-7-17(8-10-18)16-29-23-26-25-22(27-13-3-4-14-27)28(23)20-11-12-20/h1-2,5-10,20H,3-4,11-14,16H2. The molecule has 0 spiro atoms. The van der Waals surface area contributed by atoms with Crippen LogP contribution in [0.25, 0.3) is 11.1 Å². The maximum Gasteiger partial charge on any atom is 0.228 e. The van der Waals surface area contributed by atoms with E-state index < -0.39 is 0 Å². The van der Waals surface area contributed by atoms with Crippen molar-refractivity contribution in [3.05, 3.63) is 59.7 Å². The third-order valence-corrected chi connectivity index (χ3v) is 6.64. The Morgan fingerprint density at radius 1 is 1.00 bits per heavy atom. The zero-order valence-electron chi connectivity index (χ0n) is 16.3. The number of anilines is 1. The molecule has 3 aromatic rings. The number of rotatable bonds is 6. The van der Waals surface area contributed by atoms with Gasteiger partial charge in [0.2, 0.25) is 5.95 Å². The maximum atomic E-state index is 9.33. The Balaban J connectivity index is 1.31. The topological polar surface area (TPSA) is 57.7 Å². The fourth-order valence-corrected chi connectivity index (χ4v) is 4.87. The Labute approximate surface area is 175 Å². The van der Waals surface area contributed by atoms with Crippen molar-refractivity contribution in [3.8, 4) is 17.2 Å². The third kappa shape index (κ3) is 3.75. The van der Waals surface area contributed by atoms with Gasteiger partial charge in [0.15, 0.2) is 5.16 Å². The summed E-state index contributed by atoms with van der Waals surface area (Å²) in [5.41, 5.74) is 4.02. The summed E-state index contributed by atoms with van der Waals surface area (Å²) >= 11 is 1.77. The predicted molar refractivity (Wildman–Crippen MR) is 116 cm³/mol. The first kappa shape index (κ1) is 18.3. The summed E-state index contributed by atoms with van der Waals surface area (Å²) in [5, 5.41) is 19.4. The first-order valence-electron chi connectivity index (χ1n) is 10.2. The molecule has 0 bridgehead atoms. The van der Waals surface area contributed by atoms with Gasteiger partial charge in [-0.2, -0.15) is 5.26 Å². The predicted octanol–water partition coefficient (Wildman–Crippen LogP) is 5.04. The van der Waals surface area contributed by atoms with Crippen LogP contribution in [0.3, 0.4) is 0 Å². The Bertz CT molecular complexity index is 1040. The average Bonchev–Trinajstić information content (AvgIpc) is 3.29. The number of nitriles is 1. The molecule has 1 aromatic heterocycles. The molecule has 1 aliphatic heterocycles. The summed E-state index contributed by atoms with van der Waals surface area (Å²) in [7, 11) is 0. The van der Waals surface area contributed by atoms with Gasteiger partial charge in [-0.1, -0.05) is 54.2 Å². The van der Waals surface area contributed by atoms with Crippen LogP contribution in [0.4, 0.5) is 5.95 Å². The second-order valence-electron chi connectivity index (χ2n) is 7.72. The van der Waals surface area contributed by atoms with Gasteiger partial charge in [-0.05, 0) is 48.4 Å². The van der Waals surface area contributed by atoms with Gasteiger partial charge in [0.05, 0.1) is 11.6 Å². The van der Waals surface area contributed by atoms with E-state index in [1.54, 1.807) is 11.8 Å². The van der Waals surface area contributed by atoms with Gasteiger partial charge in [0.1, 0.15) is 0 Å². The number of hydrogen-bond acceptors (Lipinski definition) is 5. The molecular formula is C23H23N5S. The Hall–Kier alpha value is -2.78. The molecule has 5 nitrogen and oxygen atoms in total. The van der Waals surface area contributed by atoms with Gasteiger partial charge in [0, 0.05) is 24.9 Å². The van der Waals surface area contributed by atoms with Crippen molar-refractivity contribution in [3.63, 3.8) is 0 Å². The van der Waals surface area contributed by atoms with Crippen LogP contribution >= 0.6 is 11.8 Å². The van der Waals surface area contributed by atoms with Crippen molar-refractivity contribution in [1.82, 2.24) is 14.8 Å². The van der Waals surface area contributed by atoms with Crippen LogP contribution in [0.15, 0.2) is 53.7 Å². The Kier molecular flexibility index (Phi) is 4.99. The van der Waals surface area contributed by atoms with Crippen molar-refractivity contribution >= 4 is 17.7 Å². The van der Waals surface area contributed by atoms with Crippen LogP contribution in [0, 0.1) is 11.3 Å². The van der Waals surface area contributed by atoms with E-state index in [1.165, 1.54) is 31.2 Å². The van der Waals surface area contributed by atoms with E-state index in [9.17, 15) is 5.26 Å². The van der Waals surface area contributed by atoms with Crippen molar-refractivity contribution in [1.29, 1.82) is 5.26 Å². The molecule has 0 unspecified atom stereocenters. The normalized spacial score (nSPS) is 16.2. The molecule has 0 radical (unpaired) electrons. The molecule has 0 atom stereocenters. The summed E-state index contributed by atoms with van der Waals surface area (Å²) in [5.74, 6) is 1.93. The lowest BCUT2D eigenvalue weighted by Crippen LogP contribution is -2.22. The highest BCUT2D eigenvalue weighted by Crippen LogP contribution is 2.42. The molecule has 6 heteroatoms. The van der Waals surface area contributed by atoms with Crippen LogP contribution in [0.2, 0.25) is 0 Å². The molecule has 29 heavy (non-hydrogen) atoms. The minimum absolute atomic E-state index is 0.577. The molecule has 2 aromatic carbocycles. The lowest BCUT2D eigenvalue weighted by Gasteiger charge is -2.18. The largest absolute Gasteiger partial charge is 0.341 e. The Morgan fingerprint density at radius 3 is 2.48 bits per heavy atom. The number of aromatic nitrogens is 3. The van der Waals surface area contributed by atoms with Crippen LogP contribution in [0.5, 0.6) is 0 Å². The monoisotopic (exact) mass is 401 g/mol. The van der Waals surface area contributed by atoms with E-state index in [2.05, 4.69) is 50.0 Å². The van der Waals surface area contributed by atoms with E-state index in [-0.39, 0.29) is 0 Å². The fraction of sp³-hybridized carbons (Fsp3) is 0.348. The van der Waals surface area contributed by atoms with Crippen LogP contribution in [-0.4, -0.2) is 27.9 Å². The molecule has 2 fully saturated rings. The summed E-state index contributed by atoms with van der Waals surface area (Å²) in [6.45, 7) is 2.20. The van der Waals surface area contributed by atoms with Gasteiger partial charge in [-0.15, -0.1) is 10.2 Å². The Morgan fingerprint density at radius 2 is 1.76 bits per heavy atom. The fourth-order valence-electron chi connectivity index (χ4n) is 3.91. The van der Waals surface area contributed by atoms with Crippen LogP contribution < -0.4 is 4.90 Å². The average molecular weight is 402 g/mol. The van der Waals surface area contributed by atoms with E-state index >= 15 is 0 Å². The molecule has 0 N–H and O–H groups in total. The van der Waals surface area contributed by atoms with Crippen LogP contribution in [-0.2, 0) is 5.75 Å². The molecule has 0 amide bonds. The van der Waals surface area contributed by atoms with Crippen molar-refractivity contribution in [2.45, 2.75) is 42.6 Å². The minimum Gasteiger partial charge on any atom is -0.341 e. The molecular weight excluding hydrogens is 378 g/mol. The molecule has 2 heterocycles. The molecule has 2 aliphatic rings. The SMILES string of the molecule is N#Cc1ccccc1-c1ccc(CSc2nnc(N3CCCC3)n2C2CC2)cc1. The quantitative estimate of drug-likeness (QED) is 0.541. The number of benzene rings is 2. The summed E-state index contributed by atoms with van der Waals surface area (Å²) in [6, 6.07) is 19.1. The second kappa shape index (κ2) is 7.92. The van der Waals surface area contributed by atoms with Crippen molar-refractivity contribution in [2.75, 3.05) is 18.0 Å². The van der Waals surface area contributed by atoms with Gasteiger partial charge < -0.3 is 4.90 Å². The number of hydrogen-bond donors (Lipinski definition) is 0. The van der Waals surface area contributed by atoms with E-state index in [0.29, 0.717) is 11.6 Å². The highest BCUT2D eigenvalue weighted by Gasteiger charge is 2.32. The molecule has 146 valence electrons. The summed E-state index contributed by atoms with van der Waals surface area (Å²) in [6.07, 6.45) is 4.97. The van der Waals surface area contributed by atoms with Gasteiger partial charge >= 0.3 is 0 Å². The van der Waals surface area contributed by atoms with Gasteiger partial charge in [-0.25, -0.2) is 0 Å². The third-order valence-electron chi connectivity index (χ3n) is 5.63. The number of nitrogens with zero attached hydrogens (tertiary/aromatic N) is 5. The van der Waals surface area contributed by atoms with E-state index in [0.717, 1.165) is 41.1 Å². The lowest BCUT2D eigenvalue weighted by molar-refractivity contribution is 0.651.